The Kier molecular flexibility index (Phi) is 8.18. The van der Waals surface area contributed by atoms with Crippen LogP contribution in [-0.4, -0.2) is 37.8 Å². The zero-order chi connectivity index (χ0) is 13.9. The molecular weight excluding hydrogens is 238 g/mol. The topological polar surface area (TPSA) is 37.4 Å². The van der Waals surface area contributed by atoms with E-state index in [0.29, 0.717) is 0 Å². The molecule has 4 heteroatoms. The maximum Gasteiger partial charge on any atom is 0.128 e. The third kappa shape index (κ3) is 6.03. The van der Waals surface area contributed by atoms with Crippen LogP contribution in [0.5, 0.6) is 0 Å². The molecule has 1 heterocycles. The quantitative estimate of drug-likeness (QED) is 0.659. The lowest BCUT2D eigenvalue weighted by Gasteiger charge is -2.22. The molecule has 19 heavy (non-hydrogen) atoms. The molecule has 4 nitrogen and oxygen atoms in total. The maximum atomic E-state index is 5.42. The van der Waals surface area contributed by atoms with Gasteiger partial charge in [-0.15, -0.1) is 0 Å². The van der Waals surface area contributed by atoms with E-state index in [4.69, 9.17) is 4.74 Å². The number of hydrogen-bond acceptors (Lipinski definition) is 4. The van der Waals surface area contributed by atoms with E-state index < -0.39 is 0 Å². The molecule has 108 valence electrons. The molecule has 1 aromatic heterocycles. The second kappa shape index (κ2) is 9.75. The monoisotopic (exact) mass is 265 g/mol. The van der Waals surface area contributed by atoms with Gasteiger partial charge in [0.2, 0.25) is 0 Å². The molecule has 0 unspecified atom stereocenters. The fourth-order valence-corrected chi connectivity index (χ4v) is 1.91. The minimum absolute atomic E-state index is 0.754. The van der Waals surface area contributed by atoms with E-state index in [1.165, 1.54) is 5.56 Å². The summed E-state index contributed by atoms with van der Waals surface area (Å²) in [4.78, 5) is 6.71. The Balaban J connectivity index is 2.56. The minimum atomic E-state index is 0.754. The molecule has 0 amide bonds. The number of aromatic nitrogens is 1. The van der Waals surface area contributed by atoms with Gasteiger partial charge in [0.15, 0.2) is 0 Å². The third-order valence-electron chi connectivity index (χ3n) is 2.98. The van der Waals surface area contributed by atoms with Crippen molar-refractivity contribution in [2.45, 2.75) is 33.7 Å². The van der Waals surface area contributed by atoms with Crippen molar-refractivity contribution in [2.24, 2.45) is 0 Å². The van der Waals surface area contributed by atoms with Crippen molar-refractivity contribution in [3.63, 3.8) is 0 Å². The summed E-state index contributed by atoms with van der Waals surface area (Å²) in [5.41, 5.74) is 1.29. The molecule has 0 saturated heterocycles. The molecule has 0 aromatic carbocycles. The summed E-state index contributed by atoms with van der Waals surface area (Å²) < 4.78 is 5.42. The van der Waals surface area contributed by atoms with Gasteiger partial charge in [0, 0.05) is 32.4 Å². The summed E-state index contributed by atoms with van der Waals surface area (Å²) in [6.07, 6.45) is 3.05. The highest BCUT2D eigenvalue weighted by atomic mass is 16.5. The summed E-state index contributed by atoms with van der Waals surface area (Å²) >= 11 is 0. The third-order valence-corrected chi connectivity index (χ3v) is 2.98. The molecule has 0 radical (unpaired) electrons. The molecular formula is C15H27N3O. The first kappa shape index (κ1) is 15.9. The first-order chi connectivity index (χ1) is 9.31. The molecule has 0 bridgehead atoms. The Morgan fingerprint density at radius 2 is 2.16 bits per heavy atom. The number of anilines is 1. The zero-order valence-electron chi connectivity index (χ0n) is 12.5. The van der Waals surface area contributed by atoms with E-state index >= 15 is 0 Å². The molecule has 0 aliphatic heterocycles. The number of pyridine rings is 1. The van der Waals surface area contributed by atoms with Gasteiger partial charge >= 0.3 is 0 Å². The predicted octanol–water partition coefficient (Wildman–Crippen LogP) is 2.44. The van der Waals surface area contributed by atoms with Crippen LogP contribution in [0.3, 0.4) is 0 Å². The van der Waals surface area contributed by atoms with Crippen molar-refractivity contribution < 1.29 is 4.74 Å². The fourth-order valence-electron chi connectivity index (χ4n) is 1.91. The number of ether oxygens (including phenoxy) is 1. The summed E-state index contributed by atoms with van der Waals surface area (Å²) in [7, 11) is 0. The summed E-state index contributed by atoms with van der Waals surface area (Å²) in [5, 5.41) is 3.42. The van der Waals surface area contributed by atoms with Gasteiger partial charge in [0.25, 0.3) is 0 Å². The first-order valence-electron chi connectivity index (χ1n) is 7.30. The Labute approximate surface area is 117 Å². The number of nitrogens with zero attached hydrogens (tertiary/aromatic N) is 2. The van der Waals surface area contributed by atoms with Crippen LogP contribution in [-0.2, 0) is 11.3 Å². The van der Waals surface area contributed by atoms with E-state index in [-0.39, 0.29) is 0 Å². The summed E-state index contributed by atoms with van der Waals surface area (Å²) in [6.45, 7) is 11.7. The molecule has 1 aromatic rings. The van der Waals surface area contributed by atoms with E-state index in [2.05, 4.69) is 41.2 Å². The fraction of sp³-hybridized carbons (Fsp3) is 0.667. The van der Waals surface area contributed by atoms with Gasteiger partial charge in [-0.05, 0) is 44.5 Å². The summed E-state index contributed by atoms with van der Waals surface area (Å²) in [5.74, 6) is 1.04. The van der Waals surface area contributed by atoms with Gasteiger partial charge < -0.3 is 15.0 Å². The number of rotatable bonds is 10. The molecule has 0 aliphatic carbocycles. The van der Waals surface area contributed by atoms with Crippen LogP contribution in [0.2, 0.25) is 0 Å². The Morgan fingerprint density at radius 3 is 2.84 bits per heavy atom. The van der Waals surface area contributed by atoms with Crippen LogP contribution in [0, 0.1) is 0 Å². The van der Waals surface area contributed by atoms with Crippen molar-refractivity contribution in [3.05, 3.63) is 23.9 Å². The number of hydrogen-bond donors (Lipinski definition) is 1. The van der Waals surface area contributed by atoms with E-state index in [1.54, 1.807) is 0 Å². The average molecular weight is 265 g/mol. The standard InChI is InChI=1S/C15H27N3O/c1-4-8-16-13-14-7-9-17-15(12-14)18(5-2)10-11-19-6-3/h7,9,12,16H,4-6,8,10-11,13H2,1-3H3. The van der Waals surface area contributed by atoms with Crippen LogP contribution >= 0.6 is 0 Å². The van der Waals surface area contributed by atoms with E-state index in [0.717, 1.165) is 51.6 Å². The van der Waals surface area contributed by atoms with Crippen LogP contribution in [0.15, 0.2) is 18.3 Å². The summed E-state index contributed by atoms with van der Waals surface area (Å²) in [6, 6.07) is 4.24. The Hall–Kier alpha value is -1.13. The van der Waals surface area contributed by atoms with Crippen molar-refractivity contribution in [1.82, 2.24) is 10.3 Å². The maximum absolute atomic E-state index is 5.42. The molecule has 0 saturated carbocycles. The molecule has 0 aliphatic rings. The van der Waals surface area contributed by atoms with Crippen LogP contribution in [0.25, 0.3) is 0 Å². The van der Waals surface area contributed by atoms with Gasteiger partial charge in [-0.1, -0.05) is 6.92 Å². The lowest BCUT2D eigenvalue weighted by molar-refractivity contribution is 0.154. The average Bonchev–Trinajstić information content (AvgIpc) is 2.44. The Morgan fingerprint density at radius 1 is 1.32 bits per heavy atom. The van der Waals surface area contributed by atoms with Crippen LogP contribution in [0.1, 0.15) is 32.8 Å². The number of nitrogens with one attached hydrogen (secondary N) is 1. The lowest BCUT2D eigenvalue weighted by atomic mass is 10.2. The molecule has 1 N–H and O–H groups in total. The van der Waals surface area contributed by atoms with Crippen molar-refractivity contribution in [1.29, 1.82) is 0 Å². The smallest absolute Gasteiger partial charge is 0.128 e. The molecule has 0 atom stereocenters. The van der Waals surface area contributed by atoms with Gasteiger partial charge in [-0.2, -0.15) is 0 Å². The molecule has 1 rings (SSSR count). The van der Waals surface area contributed by atoms with Gasteiger partial charge in [0.1, 0.15) is 5.82 Å². The highest BCUT2D eigenvalue weighted by Crippen LogP contribution is 2.12. The van der Waals surface area contributed by atoms with E-state index in [9.17, 15) is 0 Å². The predicted molar refractivity (Wildman–Crippen MR) is 80.6 cm³/mol. The first-order valence-corrected chi connectivity index (χ1v) is 7.30. The second-order valence-electron chi connectivity index (χ2n) is 4.48. The second-order valence-corrected chi connectivity index (χ2v) is 4.48. The van der Waals surface area contributed by atoms with Crippen molar-refractivity contribution >= 4 is 5.82 Å². The van der Waals surface area contributed by atoms with E-state index in [1.807, 2.05) is 13.1 Å². The minimum Gasteiger partial charge on any atom is -0.380 e. The Bertz CT molecular complexity index is 344. The van der Waals surface area contributed by atoms with Crippen LogP contribution in [0.4, 0.5) is 5.82 Å². The van der Waals surface area contributed by atoms with Gasteiger partial charge in [-0.3, -0.25) is 0 Å². The highest BCUT2D eigenvalue weighted by molar-refractivity contribution is 5.40. The van der Waals surface area contributed by atoms with Crippen molar-refractivity contribution in [2.75, 3.05) is 37.7 Å². The zero-order valence-corrected chi connectivity index (χ0v) is 12.5. The number of likely N-dealkylation sites (N-methyl/N-ethyl adjacent to an activating group) is 1. The van der Waals surface area contributed by atoms with Crippen LogP contribution < -0.4 is 10.2 Å². The van der Waals surface area contributed by atoms with Crippen molar-refractivity contribution in [3.8, 4) is 0 Å². The molecule has 0 spiro atoms. The SMILES string of the molecule is CCCNCc1ccnc(N(CC)CCOCC)c1. The normalized spacial score (nSPS) is 10.7. The lowest BCUT2D eigenvalue weighted by Crippen LogP contribution is -2.28. The van der Waals surface area contributed by atoms with Gasteiger partial charge in [-0.25, -0.2) is 4.98 Å². The largest absolute Gasteiger partial charge is 0.380 e. The van der Waals surface area contributed by atoms with Gasteiger partial charge in [0.05, 0.1) is 6.61 Å². The molecule has 0 fully saturated rings. The highest BCUT2D eigenvalue weighted by Gasteiger charge is 2.06.